The van der Waals surface area contributed by atoms with Crippen molar-refractivity contribution >= 4 is 16.6 Å². The summed E-state index contributed by atoms with van der Waals surface area (Å²) in [6.07, 6.45) is 3.88. The summed E-state index contributed by atoms with van der Waals surface area (Å²) >= 11 is 0. The van der Waals surface area contributed by atoms with Crippen molar-refractivity contribution in [2.45, 2.75) is 19.3 Å². The van der Waals surface area contributed by atoms with E-state index in [1.165, 1.54) is 35.6 Å². The van der Waals surface area contributed by atoms with E-state index in [9.17, 15) is 0 Å². The first kappa shape index (κ1) is 13.3. The van der Waals surface area contributed by atoms with Gasteiger partial charge in [0.1, 0.15) is 5.82 Å². The lowest BCUT2D eigenvalue weighted by molar-refractivity contribution is 0.575. The summed E-state index contributed by atoms with van der Waals surface area (Å²) < 4.78 is 0. The largest absolute Gasteiger partial charge is 0.356 e. The average molecular weight is 288 g/mol. The topological polar surface area (TPSA) is 16.1 Å². The first-order valence-corrected chi connectivity index (χ1v) is 8.12. The molecule has 4 rings (SSSR count). The van der Waals surface area contributed by atoms with Crippen LogP contribution in [0.15, 0.2) is 60.7 Å². The third-order valence-corrected chi connectivity index (χ3v) is 4.45. The minimum Gasteiger partial charge on any atom is -0.356 e. The molecule has 22 heavy (non-hydrogen) atoms. The highest BCUT2D eigenvalue weighted by Crippen LogP contribution is 2.31. The number of hydrogen-bond acceptors (Lipinski definition) is 2. The van der Waals surface area contributed by atoms with Crippen LogP contribution in [0.4, 0.5) is 5.82 Å². The molecule has 1 aromatic heterocycles. The van der Waals surface area contributed by atoms with Crippen LogP contribution in [0.25, 0.3) is 22.0 Å². The second-order valence-corrected chi connectivity index (χ2v) is 5.97. The summed E-state index contributed by atoms with van der Waals surface area (Å²) in [7, 11) is 0. The van der Waals surface area contributed by atoms with E-state index < -0.39 is 0 Å². The van der Waals surface area contributed by atoms with Crippen molar-refractivity contribution in [3.05, 3.63) is 60.7 Å². The SMILES string of the molecule is c1ccc(-c2cc3ccccc3c(N3CCCCC3)n2)cc1. The standard InChI is InChI=1S/C20H20N2/c1-3-9-16(10-4-1)19-15-17-11-5-6-12-18(17)20(21-19)22-13-7-2-8-14-22/h1,3-6,9-12,15H,2,7-8,13-14H2. The molecular formula is C20H20N2. The molecule has 0 amide bonds. The van der Waals surface area contributed by atoms with Crippen molar-refractivity contribution in [1.82, 2.24) is 4.98 Å². The van der Waals surface area contributed by atoms with Gasteiger partial charge in [0.15, 0.2) is 0 Å². The van der Waals surface area contributed by atoms with Crippen molar-refractivity contribution in [1.29, 1.82) is 0 Å². The number of piperidine rings is 1. The van der Waals surface area contributed by atoms with Crippen LogP contribution >= 0.6 is 0 Å². The number of hydrogen-bond donors (Lipinski definition) is 0. The lowest BCUT2D eigenvalue weighted by Crippen LogP contribution is -2.30. The zero-order chi connectivity index (χ0) is 14.8. The molecule has 0 saturated carbocycles. The zero-order valence-electron chi connectivity index (χ0n) is 12.7. The predicted molar refractivity (Wildman–Crippen MR) is 93.2 cm³/mol. The predicted octanol–water partition coefficient (Wildman–Crippen LogP) is 4.89. The maximum Gasteiger partial charge on any atom is 0.137 e. The molecule has 2 nitrogen and oxygen atoms in total. The first-order chi connectivity index (χ1) is 10.9. The van der Waals surface area contributed by atoms with E-state index in [0.717, 1.165) is 24.6 Å². The highest BCUT2D eigenvalue weighted by molar-refractivity contribution is 5.95. The molecule has 110 valence electrons. The van der Waals surface area contributed by atoms with E-state index in [2.05, 4.69) is 65.6 Å². The Morgan fingerprint density at radius 1 is 0.773 bits per heavy atom. The smallest absolute Gasteiger partial charge is 0.137 e. The van der Waals surface area contributed by atoms with Gasteiger partial charge < -0.3 is 4.90 Å². The van der Waals surface area contributed by atoms with Gasteiger partial charge in [-0.25, -0.2) is 4.98 Å². The molecular weight excluding hydrogens is 268 g/mol. The Morgan fingerprint density at radius 2 is 1.50 bits per heavy atom. The van der Waals surface area contributed by atoms with E-state index in [0.29, 0.717) is 0 Å². The molecule has 1 saturated heterocycles. The van der Waals surface area contributed by atoms with Crippen molar-refractivity contribution in [3.63, 3.8) is 0 Å². The molecule has 1 fully saturated rings. The Labute approximate surface area is 131 Å². The monoisotopic (exact) mass is 288 g/mol. The van der Waals surface area contributed by atoms with E-state index in [1.54, 1.807) is 0 Å². The first-order valence-electron chi connectivity index (χ1n) is 8.12. The summed E-state index contributed by atoms with van der Waals surface area (Å²) in [6.45, 7) is 2.24. The highest BCUT2D eigenvalue weighted by Gasteiger charge is 2.16. The van der Waals surface area contributed by atoms with E-state index in [-0.39, 0.29) is 0 Å². The van der Waals surface area contributed by atoms with Gasteiger partial charge in [-0.15, -0.1) is 0 Å². The molecule has 3 aromatic rings. The van der Waals surface area contributed by atoms with Crippen molar-refractivity contribution in [2.75, 3.05) is 18.0 Å². The number of rotatable bonds is 2. The molecule has 2 heteroatoms. The number of benzene rings is 2. The number of aromatic nitrogens is 1. The summed E-state index contributed by atoms with van der Waals surface area (Å²) in [5, 5.41) is 2.54. The maximum absolute atomic E-state index is 5.02. The molecule has 0 bridgehead atoms. The normalized spacial score (nSPS) is 15.2. The molecule has 2 heterocycles. The number of pyridine rings is 1. The fraction of sp³-hybridized carbons (Fsp3) is 0.250. The van der Waals surface area contributed by atoms with Crippen LogP contribution in [0.1, 0.15) is 19.3 Å². The molecule has 0 atom stereocenters. The number of anilines is 1. The lowest BCUT2D eigenvalue weighted by atomic mass is 10.1. The summed E-state index contributed by atoms with van der Waals surface area (Å²) in [4.78, 5) is 7.48. The van der Waals surface area contributed by atoms with Gasteiger partial charge >= 0.3 is 0 Å². The molecule has 1 aliphatic rings. The number of fused-ring (bicyclic) bond motifs is 1. The van der Waals surface area contributed by atoms with E-state index in [4.69, 9.17) is 4.98 Å². The van der Waals surface area contributed by atoms with Gasteiger partial charge in [0.05, 0.1) is 5.69 Å². The van der Waals surface area contributed by atoms with Gasteiger partial charge in [-0.05, 0) is 30.7 Å². The minimum atomic E-state index is 1.07. The average Bonchev–Trinajstić information content (AvgIpc) is 2.62. The molecule has 0 N–H and O–H groups in total. The van der Waals surface area contributed by atoms with Crippen LogP contribution in [-0.2, 0) is 0 Å². The van der Waals surface area contributed by atoms with Gasteiger partial charge in [0.2, 0.25) is 0 Å². The Balaban J connectivity index is 1.89. The molecule has 0 spiro atoms. The van der Waals surface area contributed by atoms with Crippen LogP contribution in [0, 0.1) is 0 Å². The maximum atomic E-state index is 5.02. The van der Waals surface area contributed by atoms with Crippen LogP contribution < -0.4 is 4.90 Å². The third-order valence-electron chi connectivity index (χ3n) is 4.45. The number of nitrogens with zero attached hydrogens (tertiary/aromatic N) is 2. The van der Waals surface area contributed by atoms with Crippen molar-refractivity contribution in [3.8, 4) is 11.3 Å². The van der Waals surface area contributed by atoms with Crippen molar-refractivity contribution in [2.24, 2.45) is 0 Å². The van der Waals surface area contributed by atoms with E-state index >= 15 is 0 Å². The van der Waals surface area contributed by atoms with Crippen molar-refractivity contribution < 1.29 is 0 Å². The third kappa shape index (κ3) is 2.45. The minimum absolute atomic E-state index is 1.07. The lowest BCUT2D eigenvalue weighted by Gasteiger charge is -2.29. The van der Waals surface area contributed by atoms with Gasteiger partial charge in [-0.3, -0.25) is 0 Å². The van der Waals surface area contributed by atoms with E-state index in [1.807, 2.05) is 0 Å². The highest BCUT2D eigenvalue weighted by atomic mass is 15.2. The Bertz CT molecular complexity index is 774. The Hall–Kier alpha value is -2.35. The van der Waals surface area contributed by atoms with Crippen LogP contribution in [-0.4, -0.2) is 18.1 Å². The van der Waals surface area contributed by atoms with Crippen LogP contribution in [0.3, 0.4) is 0 Å². The summed E-state index contributed by atoms with van der Waals surface area (Å²) in [5.41, 5.74) is 2.26. The fourth-order valence-corrected chi connectivity index (χ4v) is 3.28. The van der Waals surface area contributed by atoms with Gasteiger partial charge in [-0.2, -0.15) is 0 Å². The molecule has 0 aliphatic carbocycles. The van der Waals surface area contributed by atoms with Crippen LogP contribution in [0.2, 0.25) is 0 Å². The van der Waals surface area contributed by atoms with Crippen LogP contribution in [0.5, 0.6) is 0 Å². The fourth-order valence-electron chi connectivity index (χ4n) is 3.28. The quantitative estimate of drug-likeness (QED) is 0.667. The zero-order valence-corrected chi connectivity index (χ0v) is 12.7. The Morgan fingerprint density at radius 3 is 2.32 bits per heavy atom. The Kier molecular flexibility index (Phi) is 3.51. The molecule has 2 aromatic carbocycles. The molecule has 0 unspecified atom stereocenters. The summed E-state index contributed by atoms with van der Waals surface area (Å²) in [6, 6.07) is 21.3. The van der Waals surface area contributed by atoms with Gasteiger partial charge in [0.25, 0.3) is 0 Å². The molecule has 1 aliphatic heterocycles. The molecule has 0 radical (unpaired) electrons. The van der Waals surface area contributed by atoms with Gasteiger partial charge in [-0.1, -0.05) is 54.6 Å². The summed E-state index contributed by atoms with van der Waals surface area (Å²) in [5.74, 6) is 1.15. The second kappa shape index (κ2) is 5.80. The second-order valence-electron chi connectivity index (χ2n) is 5.97. The van der Waals surface area contributed by atoms with Gasteiger partial charge in [0, 0.05) is 24.0 Å².